The highest BCUT2D eigenvalue weighted by molar-refractivity contribution is 7.92. The van der Waals surface area contributed by atoms with Crippen molar-refractivity contribution in [1.82, 2.24) is 0 Å². The molecule has 6 nitrogen and oxygen atoms in total. The van der Waals surface area contributed by atoms with Gasteiger partial charge in [-0.05, 0) is 49.9 Å². The standard InChI is InChI=1S/C17H18N2O4S/c1-12-10-13(2)17(11-16(12)19(20)21)24(22,23)18-9-5-7-14-6-3-4-8-15(14)18/h3-4,6,8,10-11H,5,7,9H2,1-2H3. The van der Waals surface area contributed by atoms with Gasteiger partial charge in [0.05, 0.1) is 15.5 Å². The third-order valence-corrected chi connectivity index (χ3v) is 6.28. The summed E-state index contributed by atoms with van der Waals surface area (Å²) in [6, 6.07) is 10.1. The smallest absolute Gasteiger partial charge is 0.266 e. The van der Waals surface area contributed by atoms with Crippen LogP contribution in [0.2, 0.25) is 0 Å². The number of hydrogen-bond donors (Lipinski definition) is 0. The molecule has 0 saturated carbocycles. The van der Waals surface area contributed by atoms with Crippen molar-refractivity contribution >= 4 is 21.4 Å². The Morgan fingerprint density at radius 1 is 1.12 bits per heavy atom. The predicted molar refractivity (Wildman–Crippen MR) is 91.9 cm³/mol. The summed E-state index contributed by atoms with van der Waals surface area (Å²) in [5.41, 5.74) is 2.43. The van der Waals surface area contributed by atoms with Gasteiger partial charge in [0.1, 0.15) is 0 Å². The van der Waals surface area contributed by atoms with Gasteiger partial charge < -0.3 is 0 Å². The molecule has 24 heavy (non-hydrogen) atoms. The van der Waals surface area contributed by atoms with Gasteiger partial charge in [-0.3, -0.25) is 14.4 Å². The fraction of sp³-hybridized carbons (Fsp3) is 0.294. The van der Waals surface area contributed by atoms with E-state index in [0.29, 0.717) is 23.4 Å². The Balaban J connectivity index is 2.16. The van der Waals surface area contributed by atoms with Crippen molar-refractivity contribution in [1.29, 1.82) is 0 Å². The van der Waals surface area contributed by atoms with E-state index in [9.17, 15) is 18.5 Å². The van der Waals surface area contributed by atoms with Gasteiger partial charge in [-0.15, -0.1) is 0 Å². The molecule has 0 saturated heterocycles. The maximum absolute atomic E-state index is 13.2. The molecule has 0 aliphatic carbocycles. The summed E-state index contributed by atoms with van der Waals surface area (Å²) in [7, 11) is -3.85. The number of hydrogen-bond acceptors (Lipinski definition) is 4. The van der Waals surface area contributed by atoms with Crippen LogP contribution in [0.1, 0.15) is 23.1 Å². The molecule has 0 unspecified atom stereocenters. The second-order valence-electron chi connectivity index (χ2n) is 5.97. The first-order valence-electron chi connectivity index (χ1n) is 7.68. The van der Waals surface area contributed by atoms with Gasteiger partial charge in [0, 0.05) is 18.2 Å². The van der Waals surface area contributed by atoms with Crippen LogP contribution < -0.4 is 4.31 Å². The summed E-state index contributed by atoms with van der Waals surface area (Å²) in [6.45, 7) is 3.65. The van der Waals surface area contributed by atoms with Crippen molar-refractivity contribution in [2.24, 2.45) is 0 Å². The van der Waals surface area contributed by atoms with Crippen LogP contribution in [0.25, 0.3) is 0 Å². The molecular weight excluding hydrogens is 328 g/mol. The average molecular weight is 346 g/mol. The molecule has 2 aromatic rings. The summed E-state index contributed by atoms with van der Waals surface area (Å²) >= 11 is 0. The lowest BCUT2D eigenvalue weighted by atomic mass is 10.0. The van der Waals surface area contributed by atoms with E-state index in [-0.39, 0.29) is 10.6 Å². The quantitative estimate of drug-likeness (QED) is 0.630. The maximum atomic E-state index is 13.2. The van der Waals surface area contributed by atoms with Crippen LogP contribution in [0.4, 0.5) is 11.4 Å². The summed E-state index contributed by atoms with van der Waals surface area (Å²) in [6.07, 6.45) is 1.55. The Kier molecular flexibility index (Phi) is 4.04. The zero-order valence-electron chi connectivity index (χ0n) is 13.5. The normalized spacial score (nSPS) is 14.3. The Morgan fingerprint density at radius 3 is 2.54 bits per heavy atom. The molecule has 3 rings (SSSR count). The van der Waals surface area contributed by atoms with Crippen LogP contribution in [0.5, 0.6) is 0 Å². The van der Waals surface area contributed by atoms with Crippen molar-refractivity contribution in [3.05, 3.63) is 63.2 Å². The first kappa shape index (κ1) is 16.4. The fourth-order valence-corrected chi connectivity index (χ4v) is 4.93. The van der Waals surface area contributed by atoms with Crippen molar-refractivity contribution in [2.45, 2.75) is 31.6 Å². The van der Waals surface area contributed by atoms with Crippen LogP contribution in [-0.2, 0) is 16.4 Å². The Hall–Kier alpha value is -2.41. The third-order valence-electron chi connectivity index (χ3n) is 4.33. The Morgan fingerprint density at radius 2 is 1.83 bits per heavy atom. The molecular formula is C17H18N2O4S. The average Bonchev–Trinajstić information content (AvgIpc) is 2.53. The zero-order chi connectivity index (χ0) is 17.5. The predicted octanol–water partition coefficient (Wildman–Crippen LogP) is 3.35. The van der Waals surface area contributed by atoms with E-state index < -0.39 is 14.9 Å². The molecule has 0 aromatic heterocycles. The molecule has 1 aliphatic rings. The van der Waals surface area contributed by atoms with Crippen LogP contribution >= 0.6 is 0 Å². The molecule has 126 valence electrons. The van der Waals surface area contributed by atoms with E-state index in [1.165, 1.54) is 10.4 Å². The number of sulfonamides is 1. The Labute approximate surface area is 140 Å². The topological polar surface area (TPSA) is 80.5 Å². The second-order valence-corrected chi connectivity index (χ2v) is 7.80. The highest BCUT2D eigenvalue weighted by Gasteiger charge is 2.31. The van der Waals surface area contributed by atoms with Crippen LogP contribution in [0, 0.1) is 24.0 Å². The number of rotatable bonds is 3. The number of para-hydroxylation sites is 1. The molecule has 0 amide bonds. The number of nitro groups is 1. The maximum Gasteiger partial charge on any atom is 0.273 e. The highest BCUT2D eigenvalue weighted by Crippen LogP contribution is 2.34. The van der Waals surface area contributed by atoms with E-state index in [0.717, 1.165) is 18.4 Å². The minimum absolute atomic E-state index is 0.00324. The highest BCUT2D eigenvalue weighted by atomic mass is 32.2. The lowest BCUT2D eigenvalue weighted by molar-refractivity contribution is -0.385. The van der Waals surface area contributed by atoms with Gasteiger partial charge in [0.2, 0.25) is 0 Å². The molecule has 0 N–H and O–H groups in total. The number of nitro benzene ring substituents is 1. The molecule has 1 heterocycles. The molecule has 0 bridgehead atoms. The minimum Gasteiger partial charge on any atom is -0.266 e. The summed E-state index contributed by atoms with van der Waals surface area (Å²) in [5, 5.41) is 11.2. The number of benzene rings is 2. The fourth-order valence-electron chi connectivity index (χ4n) is 3.16. The first-order chi connectivity index (χ1) is 11.3. The van der Waals surface area contributed by atoms with E-state index in [2.05, 4.69) is 0 Å². The molecule has 7 heteroatoms. The van der Waals surface area contributed by atoms with Crippen molar-refractivity contribution in [2.75, 3.05) is 10.8 Å². The van der Waals surface area contributed by atoms with E-state index in [1.807, 2.05) is 12.1 Å². The molecule has 0 fully saturated rings. The second kappa shape index (κ2) is 5.90. The van der Waals surface area contributed by atoms with E-state index >= 15 is 0 Å². The van der Waals surface area contributed by atoms with Gasteiger partial charge in [-0.1, -0.05) is 18.2 Å². The summed E-state index contributed by atoms with van der Waals surface area (Å²) < 4.78 is 27.7. The van der Waals surface area contributed by atoms with Crippen LogP contribution in [0.3, 0.4) is 0 Å². The van der Waals surface area contributed by atoms with Crippen molar-refractivity contribution < 1.29 is 13.3 Å². The largest absolute Gasteiger partial charge is 0.273 e. The van der Waals surface area contributed by atoms with Gasteiger partial charge in [0.15, 0.2) is 0 Å². The van der Waals surface area contributed by atoms with Gasteiger partial charge in [-0.25, -0.2) is 8.42 Å². The number of anilines is 1. The van der Waals surface area contributed by atoms with E-state index in [1.54, 1.807) is 32.0 Å². The first-order valence-corrected chi connectivity index (χ1v) is 9.12. The minimum atomic E-state index is -3.85. The van der Waals surface area contributed by atoms with Crippen molar-refractivity contribution in [3.8, 4) is 0 Å². The SMILES string of the molecule is Cc1cc(C)c(S(=O)(=O)N2CCCc3ccccc32)cc1[N+](=O)[O-]. The van der Waals surface area contributed by atoms with Crippen LogP contribution in [-0.4, -0.2) is 19.9 Å². The lowest BCUT2D eigenvalue weighted by Crippen LogP contribution is -2.35. The number of nitrogens with zero attached hydrogens (tertiary/aromatic N) is 2. The molecule has 0 atom stereocenters. The molecule has 1 aliphatic heterocycles. The Bertz CT molecular complexity index is 922. The molecule has 2 aromatic carbocycles. The summed E-state index contributed by atoms with van der Waals surface area (Å²) in [4.78, 5) is 10.6. The monoisotopic (exact) mass is 346 g/mol. The zero-order valence-corrected chi connectivity index (χ0v) is 14.3. The van der Waals surface area contributed by atoms with Gasteiger partial charge >= 0.3 is 0 Å². The summed E-state index contributed by atoms with van der Waals surface area (Å²) in [5.74, 6) is 0. The van der Waals surface area contributed by atoms with E-state index in [4.69, 9.17) is 0 Å². The van der Waals surface area contributed by atoms with Gasteiger partial charge in [-0.2, -0.15) is 0 Å². The number of aryl methyl sites for hydroxylation is 3. The number of fused-ring (bicyclic) bond motifs is 1. The van der Waals surface area contributed by atoms with Gasteiger partial charge in [0.25, 0.3) is 15.7 Å². The molecule has 0 radical (unpaired) electrons. The third kappa shape index (κ3) is 2.65. The molecule has 0 spiro atoms. The van der Waals surface area contributed by atoms with Crippen LogP contribution in [0.15, 0.2) is 41.3 Å². The lowest BCUT2D eigenvalue weighted by Gasteiger charge is -2.30. The van der Waals surface area contributed by atoms with Crippen molar-refractivity contribution in [3.63, 3.8) is 0 Å².